The zero-order chi connectivity index (χ0) is 21.6. The number of halogens is 1. The van der Waals surface area contributed by atoms with Gasteiger partial charge in [-0.05, 0) is 61.2 Å². The van der Waals surface area contributed by atoms with Gasteiger partial charge in [0.05, 0.1) is 6.61 Å². The van der Waals surface area contributed by atoms with Crippen molar-refractivity contribution in [1.82, 2.24) is 10.6 Å². The summed E-state index contributed by atoms with van der Waals surface area (Å²) in [4.78, 5) is 13.2. The van der Waals surface area contributed by atoms with E-state index >= 15 is 0 Å². The molecule has 4 nitrogen and oxygen atoms in total. The van der Waals surface area contributed by atoms with E-state index in [0.717, 1.165) is 47.7 Å². The molecule has 0 radical (unpaired) electrons. The molecule has 0 saturated heterocycles. The van der Waals surface area contributed by atoms with Gasteiger partial charge in [-0.15, -0.1) is 0 Å². The van der Waals surface area contributed by atoms with Crippen molar-refractivity contribution in [2.45, 2.75) is 57.4 Å². The smallest absolute Gasteiger partial charge is 0.251 e. The molecule has 1 aliphatic carbocycles. The van der Waals surface area contributed by atoms with Crippen LogP contribution < -0.4 is 15.4 Å². The molecule has 4 rings (SSSR count). The third kappa shape index (κ3) is 5.81. The molecular formula is C26H33ClN2O2. The third-order valence-electron chi connectivity index (χ3n) is 6.59. The number of amides is 1. The first kappa shape index (κ1) is 22.2. The van der Waals surface area contributed by atoms with E-state index in [1.54, 1.807) is 0 Å². The van der Waals surface area contributed by atoms with E-state index in [1.165, 1.54) is 37.7 Å². The van der Waals surface area contributed by atoms with Crippen LogP contribution in [0.25, 0.3) is 0 Å². The lowest BCUT2D eigenvalue weighted by Gasteiger charge is -2.27. The van der Waals surface area contributed by atoms with Crippen molar-refractivity contribution in [3.8, 4) is 5.75 Å². The van der Waals surface area contributed by atoms with Gasteiger partial charge in [-0.3, -0.25) is 4.79 Å². The number of benzene rings is 2. The van der Waals surface area contributed by atoms with Crippen molar-refractivity contribution in [3.05, 3.63) is 63.7 Å². The van der Waals surface area contributed by atoms with Gasteiger partial charge in [0, 0.05) is 35.2 Å². The number of nitrogens with one attached hydrogen (secondary N) is 2. The largest absolute Gasteiger partial charge is 0.493 e. The van der Waals surface area contributed by atoms with Crippen molar-refractivity contribution in [1.29, 1.82) is 0 Å². The van der Waals surface area contributed by atoms with Gasteiger partial charge in [0.1, 0.15) is 5.75 Å². The molecule has 2 N–H and O–H groups in total. The van der Waals surface area contributed by atoms with Crippen molar-refractivity contribution in [3.63, 3.8) is 0 Å². The van der Waals surface area contributed by atoms with E-state index < -0.39 is 0 Å². The maximum absolute atomic E-state index is 13.2. The van der Waals surface area contributed by atoms with Crippen molar-refractivity contribution in [2.75, 3.05) is 20.2 Å². The van der Waals surface area contributed by atoms with Gasteiger partial charge < -0.3 is 15.4 Å². The molecule has 5 heteroatoms. The summed E-state index contributed by atoms with van der Waals surface area (Å²) in [6, 6.07) is 12.0. The van der Waals surface area contributed by atoms with Crippen molar-refractivity contribution in [2.24, 2.45) is 5.92 Å². The maximum Gasteiger partial charge on any atom is 0.251 e. The highest BCUT2D eigenvalue weighted by Gasteiger charge is 2.23. The SMILES string of the molecule is CNC[C@H](CC1CCCCC1)NC(=O)c1cc(Cc2cccc(Cl)c2)c2c(c1)OCC2. The van der Waals surface area contributed by atoms with Gasteiger partial charge in [-0.1, -0.05) is 55.8 Å². The second kappa shape index (κ2) is 10.5. The average Bonchev–Trinajstić information content (AvgIpc) is 3.24. The Balaban J connectivity index is 1.51. The number of fused-ring (bicyclic) bond motifs is 1. The first-order valence-electron chi connectivity index (χ1n) is 11.6. The van der Waals surface area contributed by atoms with Crippen LogP contribution in [0, 0.1) is 5.92 Å². The summed E-state index contributed by atoms with van der Waals surface area (Å²) < 4.78 is 5.85. The zero-order valence-electron chi connectivity index (χ0n) is 18.4. The molecule has 1 atom stereocenters. The molecule has 2 aromatic rings. The number of ether oxygens (including phenoxy) is 1. The Morgan fingerprint density at radius 3 is 2.81 bits per heavy atom. The number of hydrogen-bond acceptors (Lipinski definition) is 3. The van der Waals surface area contributed by atoms with Crippen LogP contribution in [0.15, 0.2) is 36.4 Å². The Morgan fingerprint density at radius 1 is 1.19 bits per heavy atom. The molecule has 1 fully saturated rings. The van der Waals surface area contributed by atoms with E-state index in [0.29, 0.717) is 18.1 Å². The first-order valence-corrected chi connectivity index (χ1v) is 12.0. The van der Waals surface area contributed by atoms with Gasteiger partial charge in [-0.2, -0.15) is 0 Å². The summed E-state index contributed by atoms with van der Waals surface area (Å²) in [7, 11) is 1.95. The van der Waals surface area contributed by atoms with Gasteiger partial charge >= 0.3 is 0 Å². The first-order chi connectivity index (χ1) is 15.1. The fourth-order valence-corrected chi connectivity index (χ4v) is 5.28. The van der Waals surface area contributed by atoms with Gasteiger partial charge in [-0.25, -0.2) is 0 Å². The van der Waals surface area contributed by atoms with Gasteiger partial charge in [0.2, 0.25) is 0 Å². The summed E-state index contributed by atoms with van der Waals surface area (Å²) >= 11 is 6.18. The topological polar surface area (TPSA) is 50.4 Å². The molecule has 1 saturated carbocycles. The van der Waals surface area contributed by atoms with Crippen LogP contribution in [-0.2, 0) is 12.8 Å². The molecule has 0 aromatic heterocycles. The maximum atomic E-state index is 13.2. The molecule has 2 aliphatic rings. The summed E-state index contributed by atoms with van der Waals surface area (Å²) in [6.07, 6.45) is 9.24. The summed E-state index contributed by atoms with van der Waals surface area (Å²) in [6.45, 7) is 1.46. The second-order valence-corrected chi connectivity index (χ2v) is 9.42. The Hall–Kier alpha value is -2.04. The molecule has 1 heterocycles. The van der Waals surface area contributed by atoms with Crippen molar-refractivity contribution >= 4 is 17.5 Å². The lowest BCUT2D eigenvalue weighted by Crippen LogP contribution is -2.42. The molecule has 166 valence electrons. The number of carbonyl (C=O) groups is 1. The molecule has 1 amide bonds. The summed E-state index contributed by atoms with van der Waals surface area (Å²) in [5.74, 6) is 1.55. The number of carbonyl (C=O) groups excluding carboxylic acids is 1. The monoisotopic (exact) mass is 440 g/mol. The number of rotatable bonds is 8. The van der Waals surface area contributed by atoms with Gasteiger partial charge in [0.15, 0.2) is 0 Å². The van der Waals surface area contributed by atoms with Crippen molar-refractivity contribution < 1.29 is 9.53 Å². The van der Waals surface area contributed by atoms with E-state index in [-0.39, 0.29) is 11.9 Å². The Bertz CT molecular complexity index is 908. The van der Waals surface area contributed by atoms with E-state index in [2.05, 4.69) is 16.7 Å². The molecule has 1 aliphatic heterocycles. The number of hydrogen-bond donors (Lipinski definition) is 2. The van der Waals surface area contributed by atoms with Crippen LogP contribution >= 0.6 is 11.6 Å². The standard InChI is InChI=1S/C26H33ClN2O2/c1-28-17-23(14-18-6-3-2-4-7-18)29-26(30)21-15-20(24-10-11-31-25(24)16-21)12-19-8-5-9-22(27)13-19/h5,8-9,13,15-16,18,23,28H,2-4,6-7,10-12,14,17H2,1H3,(H,29,30)/t23-/m0/s1. The minimum absolute atomic E-state index is 0.0123. The second-order valence-electron chi connectivity index (χ2n) is 8.99. The summed E-state index contributed by atoms with van der Waals surface area (Å²) in [5.41, 5.74) is 4.19. The molecular weight excluding hydrogens is 408 g/mol. The fraction of sp³-hybridized carbons (Fsp3) is 0.500. The predicted octanol–water partition coefficient (Wildman–Crippen LogP) is 5.15. The molecule has 0 spiro atoms. The number of likely N-dealkylation sites (N-methyl/N-ethyl adjacent to an activating group) is 1. The molecule has 2 aromatic carbocycles. The normalized spacial score (nSPS) is 17.1. The Labute approximate surface area is 190 Å². The van der Waals surface area contributed by atoms with Gasteiger partial charge in [0.25, 0.3) is 5.91 Å². The third-order valence-corrected chi connectivity index (χ3v) is 6.82. The zero-order valence-corrected chi connectivity index (χ0v) is 19.1. The minimum atomic E-state index is -0.0123. The van der Waals surface area contributed by atoms with E-state index in [9.17, 15) is 4.79 Å². The van der Waals surface area contributed by atoms with Crippen LogP contribution in [0.2, 0.25) is 5.02 Å². The molecule has 0 unspecified atom stereocenters. The molecule has 31 heavy (non-hydrogen) atoms. The quantitative estimate of drug-likeness (QED) is 0.596. The minimum Gasteiger partial charge on any atom is -0.493 e. The van der Waals surface area contributed by atoms with Crippen LogP contribution in [0.5, 0.6) is 5.75 Å². The lowest BCUT2D eigenvalue weighted by atomic mass is 9.84. The lowest BCUT2D eigenvalue weighted by molar-refractivity contribution is 0.0928. The van der Waals surface area contributed by atoms with Crippen LogP contribution in [-0.4, -0.2) is 32.1 Å². The Kier molecular flexibility index (Phi) is 7.52. The van der Waals surface area contributed by atoms with E-state index in [4.69, 9.17) is 16.3 Å². The highest BCUT2D eigenvalue weighted by atomic mass is 35.5. The average molecular weight is 441 g/mol. The van der Waals surface area contributed by atoms with Crippen LogP contribution in [0.1, 0.15) is 65.6 Å². The fourth-order valence-electron chi connectivity index (χ4n) is 5.07. The predicted molar refractivity (Wildman–Crippen MR) is 126 cm³/mol. The summed E-state index contributed by atoms with van der Waals surface area (Å²) in [5, 5.41) is 7.28. The Morgan fingerprint density at radius 2 is 2.03 bits per heavy atom. The van der Waals surface area contributed by atoms with E-state index in [1.807, 2.05) is 37.4 Å². The van der Waals surface area contributed by atoms with Crippen LogP contribution in [0.3, 0.4) is 0 Å². The highest BCUT2D eigenvalue weighted by molar-refractivity contribution is 6.30. The highest BCUT2D eigenvalue weighted by Crippen LogP contribution is 2.32. The molecule has 0 bridgehead atoms. The van der Waals surface area contributed by atoms with Crippen LogP contribution in [0.4, 0.5) is 0 Å².